The fourth-order valence-corrected chi connectivity index (χ4v) is 2.49. The van der Waals surface area contributed by atoms with Gasteiger partial charge in [0, 0.05) is 12.6 Å². The van der Waals surface area contributed by atoms with Crippen LogP contribution in [0.15, 0.2) is 33.0 Å². The van der Waals surface area contributed by atoms with E-state index in [9.17, 15) is 4.79 Å². The van der Waals surface area contributed by atoms with E-state index in [4.69, 9.17) is 10.2 Å². The van der Waals surface area contributed by atoms with E-state index in [1.54, 1.807) is 6.07 Å². The van der Waals surface area contributed by atoms with Crippen LogP contribution in [0.1, 0.15) is 25.7 Å². The maximum atomic E-state index is 11.1. The lowest BCUT2D eigenvalue weighted by Gasteiger charge is -2.09. The summed E-state index contributed by atoms with van der Waals surface area (Å²) in [5, 5.41) is 3.31. The Morgan fingerprint density at radius 1 is 1.42 bits per heavy atom. The molecule has 5 nitrogen and oxygen atoms in total. The summed E-state index contributed by atoms with van der Waals surface area (Å²) >= 11 is 0. The quantitative estimate of drug-likeness (QED) is 0.582. The predicted molar refractivity (Wildman–Crippen MR) is 76.3 cm³/mol. The van der Waals surface area contributed by atoms with Crippen LogP contribution in [-0.2, 0) is 0 Å². The van der Waals surface area contributed by atoms with Gasteiger partial charge in [-0.3, -0.25) is 4.98 Å². The van der Waals surface area contributed by atoms with Gasteiger partial charge in [-0.2, -0.15) is 0 Å². The summed E-state index contributed by atoms with van der Waals surface area (Å²) in [5.74, 6) is -0.456. The zero-order chi connectivity index (χ0) is 13.2. The van der Waals surface area contributed by atoms with Gasteiger partial charge in [0.05, 0.1) is 16.9 Å². The number of fused-ring (bicyclic) bond motifs is 1. The van der Waals surface area contributed by atoms with Gasteiger partial charge in [-0.25, -0.2) is 4.79 Å². The Hall–Kier alpha value is -2.17. The first kappa shape index (κ1) is 11.9. The topological polar surface area (TPSA) is 84.0 Å². The molecule has 2 aromatic rings. The minimum atomic E-state index is -0.456. The first-order valence-electron chi connectivity index (χ1n) is 6.56. The highest BCUT2D eigenvalue weighted by Gasteiger charge is 2.07. The summed E-state index contributed by atoms with van der Waals surface area (Å²) in [6, 6.07) is 3.49. The molecule has 0 unspecified atom stereocenters. The largest absolute Gasteiger partial charge is 0.417 e. The Morgan fingerprint density at radius 3 is 3.11 bits per heavy atom. The van der Waals surface area contributed by atoms with E-state index >= 15 is 0 Å². The van der Waals surface area contributed by atoms with Crippen molar-refractivity contribution in [3.63, 3.8) is 0 Å². The molecular formula is C14H17N3O2. The Labute approximate surface area is 110 Å². The number of nitrogens with one attached hydrogen (secondary N) is 2. The molecule has 19 heavy (non-hydrogen) atoms. The highest BCUT2D eigenvalue weighted by molar-refractivity contribution is 5.85. The van der Waals surface area contributed by atoms with Crippen molar-refractivity contribution in [1.29, 1.82) is 0 Å². The fraction of sp³-hybridized carbons (Fsp3) is 0.357. The molecule has 1 heterocycles. The van der Waals surface area contributed by atoms with E-state index in [0.29, 0.717) is 16.8 Å². The number of hydrogen-bond acceptors (Lipinski definition) is 4. The van der Waals surface area contributed by atoms with Gasteiger partial charge in [0.1, 0.15) is 0 Å². The molecule has 1 aliphatic rings. The third-order valence-corrected chi connectivity index (χ3v) is 3.49. The number of hydrogen-bond donors (Lipinski definition) is 3. The first-order chi connectivity index (χ1) is 9.22. The highest BCUT2D eigenvalue weighted by atomic mass is 16.4. The molecule has 0 saturated carbocycles. The summed E-state index contributed by atoms with van der Waals surface area (Å²) in [4.78, 5) is 13.7. The van der Waals surface area contributed by atoms with E-state index in [0.717, 1.165) is 18.7 Å². The van der Waals surface area contributed by atoms with Gasteiger partial charge in [-0.1, -0.05) is 11.6 Å². The van der Waals surface area contributed by atoms with E-state index in [-0.39, 0.29) is 0 Å². The van der Waals surface area contributed by atoms with E-state index in [1.807, 2.05) is 6.07 Å². The molecule has 0 radical (unpaired) electrons. The van der Waals surface area contributed by atoms with E-state index < -0.39 is 5.76 Å². The normalized spacial score (nSPS) is 14.8. The molecule has 0 aliphatic heterocycles. The molecular weight excluding hydrogens is 242 g/mol. The third kappa shape index (κ3) is 2.50. The Kier molecular flexibility index (Phi) is 3.03. The molecule has 3 rings (SSSR count). The Morgan fingerprint density at radius 2 is 2.32 bits per heavy atom. The van der Waals surface area contributed by atoms with Crippen molar-refractivity contribution < 1.29 is 4.42 Å². The first-order valence-corrected chi connectivity index (χ1v) is 6.56. The second-order valence-electron chi connectivity index (χ2n) is 4.88. The van der Waals surface area contributed by atoms with Crippen LogP contribution in [0.5, 0.6) is 0 Å². The van der Waals surface area contributed by atoms with Crippen molar-refractivity contribution in [2.24, 2.45) is 0 Å². The molecule has 0 bridgehead atoms. The van der Waals surface area contributed by atoms with Crippen molar-refractivity contribution in [2.45, 2.75) is 25.7 Å². The van der Waals surface area contributed by atoms with Gasteiger partial charge in [0.2, 0.25) is 0 Å². The van der Waals surface area contributed by atoms with Gasteiger partial charge in [0.25, 0.3) is 0 Å². The van der Waals surface area contributed by atoms with E-state index in [2.05, 4.69) is 16.4 Å². The molecule has 4 N–H and O–H groups in total. The van der Waals surface area contributed by atoms with Crippen LogP contribution < -0.4 is 16.8 Å². The summed E-state index contributed by atoms with van der Waals surface area (Å²) in [6.45, 7) is 0.851. The SMILES string of the molecule is Nc1cc2oc(=O)[nH]c2cc1NCCC1=CCCC1. The highest BCUT2D eigenvalue weighted by Crippen LogP contribution is 2.25. The Balaban J connectivity index is 1.72. The van der Waals surface area contributed by atoms with Crippen LogP contribution >= 0.6 is 0 Å². The fourth-order valence-electron chi connectivity index (χ4n) is 2.49. The van der Waals surface area contributed by atoms with Crippen LogP contribution in [0, 0.1) is 0 Å². The molecule has 0 saturated heterocycles. The summed E-state index contributed by atoms with van der Waals surface area (Å²) in [7, 11) is 0. The zero-order valence-corrected chi connectivity index (χ0v) is 10.7. The number of nitrogen functional groups attached to an aromatic ring is 1. The van der Waals surface area contributed by atoms with Gasteiger partial charge < -0.3 is 15.5 Å². The molecule has 0 atom stereocenters. The molecule has 1 aromatic heterocycles. The van der Waals surface area contributed by atoms with Crippen molar-refractivity contribution >= 4 is 22.5 Å². The molecule has 1 aliphatic carbocycles. The number of aromatic nitrogens is 1. The zero-order valence-electron chi connectivity index (χ0n) is 10.7. The lowest BCUT2D eigenvalue weighted by molar-refractivity contribution is 0.555. The second kappa shape index (κ2) is 4.84. The van der Waals surface area contributed by atoms with Gasteiger partial charge in [-0.15, -0.1) is 0 Å². The predicted octanol–water partition coefficient (Wildman–Crippen LogP) is 2.62. The number of oxazole rings is 1. The average molecular weight is 259 g/mol. The second-order valence-corrected chi connectivity index (χ2v) is 4.88. The van der Waals surface area contributed by atoms with Gasteiger partial charge in [-0.05, 0) is 31.7 Å². The standard InChI is InChI=1S/C14H17N3O2/c15-10-7-13-12(17-14(18)19-13)8-11(10)16-6-5-9-3-1-2-4-9/h3,7-8,16H,1-2,4-6,15H2,(H,17,18). The van der Waals surface area contributed by atoms with Gasteiger partial charge in [0.15, 0.2) is 5.58 Å². The van der Waals surface area contributed by atoms with Crippen LogP contribution in [0.2, 0.25) is 0 Å². The van der Waals surface area contributed by atoms with Crippen molar-refractivity contribution in [2.75, 3.05) is 17.6 Å². The van der Waals surface area contributed by atoms with Crippen LogP contribution in [-0.4, -0.2) is 11.5 Å². The average Bonchev–Trinajstić information content (AvgIpc) is 2.98. The molecule has 100 valence electrons. The number of H-pyrrole nitrogens is 1. The number of allylic oxidation sites excluding steroid dienone is 1. The van der Waals surface area contributed by atoms with Gasteiger partial charge >= 0.3 is 5.76 Å². The summed E-state index contributed by atoms with van der Waals surface area (Å²) < 4.78 is 4.96. The Bertz CT molecular complexity index is 682. The number of benzene rings is 1. The monoisotopic (exact) mass is 259 g/mol. The smallest absolute Gasteiger partial charge is 0.408 e. The number of anilines is 2. The van der Waals surface area contributed by atoms with Crippen LogP contribution in [0.4, 0.5) is 11.4 Å². The third-order valence-electron chi connectivity index (χ3n) is 3.49. The maximum absolute atomic E-state index is 11.1. The summed E-state index contributed by atoms with van der Waals surface area (Å²) in [6.07, 6.45) is 7.06. The van der Waals surface area contributed by atoms with Crippen molar-refractivity contribution in [1.82, 2.24) is 4.98 Å². The van der Waals surface area contributed by atoms with Crippen LogP contribution in [0.25, 0.3) is 11.1 Å². The van der Waals surface area contributed by atoms with Crippen molar-refractivity contribution in [3.8, 4) is 0 Å². The number of nitrogens with two attached hydrogens (primary N) is 1. The lowest BCUT2D eigenvalue weighted by Crippen LogP contribution is -2.04. The minimum Gasteiger partial charge on any atom is -0.408 e. The maximum Gasteiger partial charge on any atom is 0.417 e. The molecule has 0 spiro atoms. The number of aromatic amines is 1. The molecule has 1 aromatic carbocycles. The number of rotatable bonds is 4. The van der Waals surface area contributed by atoms with Crippen LogP contribution in [0.3, 0.4) is 0 Å². The molecule has 5 heteroatoms. The van der Waals surface area contributed by atoms with Crippen molar-refractivity contribution in [3.05, 3.63) is 34.3 Å². The minimum absolute atomic E-state index is 0.456. The molecule has 0 fully saturated rings. The summed E-state index contributed by atoms with van der Waals surface area (Å²) in [5.41, 5.74) is 10.0. The molecule has 0 amide bonds. The lowest BCUT2D eigenvalue weighted by atomic mass is 10.1. The van der Waals surface area contributed by atoms with E-state index in [1.165, 1.54) is 24.8 Å².